The van der Waals surface area contributed by atoms with Crippen LogP contribution in [0.3, 0.4) is 0 Å². The van der Waals surface area contributed by atoms with Crippen LogP contribution in [0.5, 0.6) is 0 Å². The lowest BCUT2D eigenvalue weighted by molar-refractivity contribution is 0.1000. The molecule has 1 saturated heterocycles. The van der Waals surface area contributed by atoms with Gasteiger partial charge in [-0.05, 0) is 106 Å². The zero-order valence-corrected chi connectivity index (χ0v) is 29.2. The third-order valence-electron chi connectivity index (χ3n) is 7.91. The number of carbonyl (C=O) groups is 1. The maximum absolute atomic E-state index is 13.2. The molecule has 1 saturated carbocycles. The van der Waals surface area contributed by atoms with Gasteiger partial charge in [-0.15, -0.1) is 0 Å². The van der Waals surface area contributed by atoms with Crippen molar-refractivity contribution >= 4 is 23.3 Å². The van der Waals surface area contributed by atoms with Crippen LogP contribution in [-0.2, 0) is 12.8 Å². The second-order valence-corrected chi connectivity index (χ2v) is 12.7. The molecular weight excluding hydrogens is 613 g/mol. The Balaban J connectivity index is 0.000000178. The fourth-order valence-electron chi connectivity index (χ4n) is 4.85. The van der Waals surface area contributed by atoms with E-state index in [9.17, 15) is 9.18 Å². The van der Waals surface area contributed by atoms with Gasteiger partial charge in [-0.3, -0.25) is 9.69 Å². The molecule has 47 heavy (non-hydrogen) atoms. The average molecular weight is 662 g/mol. The first-order valence-corrected chi connectivity index (χ1v) is 16.6. The molecule has 2 aromatic carbocycles. The minimum Gasteiger partial charge on any atom is -0.449 e. The van der Waals surface area contributed by atoms with Crippen molar-refractivity contribution in [3.63, 3.8) is 0 Å². The largest absolute Gasteiger partial charge is 0.449 e. The summed E-state index contributed by atoms with van der Waals surface area (Å²) in [4.78, 5) is 23.8. The molecule has 9 heteroatoms. The summed E-state index contributed by atoms with van der Waals surface area (Å²) >= 11 is 5.63. The molecule has 1 aliphatic heterocycles. The summed E-state index contributed by atoms with van der Waals surface area (Å²) in [6.07, 6.45) is 7.48. The normalized spacial score (nSPS) is 14.1. The maximum Gasteiger partial charge on any atom is 0.248 e. The van der Waals surface area contributed by atoms with Crippen molar-refractivity contribution in [1.82, 2.24) is 14.9 Å². The van der Waals surface area contributed by atoms with E-state index in [1.807, 2.05) is 39.8 Å². The molecule has 0 atom stereocenters. The van der Waals surface area contributed by atoms with E-state index in [2.05, 4.69) is 45.4 Å². The van der Waals surface area contributed by atoms with Crippen molar-refractivity contribution in [2.24, 2.45) is 11.7 Å². The van der Waals surface area contributed by atoms with Crippen molar-refractivity contribution < 1.29 is 13.6 Å². The molecule has 0 spiro atoms. The molecule has 252 valence electrons. The number of rotatable bonds is 7. The number of carbonyl (C=O) groups excluding carboxylic acids is 1. The van der Waals surface area contributed by atoms with Crippen molar-refractivity contribution in [3.8, 4) is 0 Å². The Bertz CT molecular complexity index is 1560. The van der Waals surface area contributed by atoms with Gasteiger partial charge in [0.05, 0.1) is 6.20 Å². The Hall–Kier alpha value is -4.01. The Morgan fingerprint density at radius 1 is 1.04 bits per heavy atom. The second-order valence-electron chi connectivity index (χ2n) is 12.2. The predicted octanol–water partition coefficient (Wildman–Crippen LogP) is 8.16. The third-order valence-corrected chi connectivity index (χ3v) is 8.14. The first-order chi connectivity index (χ1) is 22.4. The summed E-state index contributed by atoms with van der Waals surface area (Å²) in [5, 5.41) is 0.479. The molecule has 1 aliphatic carbocycles. The fraction of sp³-hybridized carbons (Fsp3) is 0.395. The van der Waals surface area contributed by atoms with Gasteiger partial charge in [0.25, 0.3) is 0 Å². The van der Waals surface area contributed by atoms with E-state index in [0.29, 0.717) is 10.6 Å². The number of hydrogen-bond acceptors (Lipinski definition) is 6. The van der Waals surface area contributed by atoms with Gasteiger partial charge < -0.3 is 15.1 Å². The highest BCUT2D eigenvalue weighted by Gasteiger charge is 2.22. The van der Waals surface area contributed by atoms with Gasteiger partial charge in [-0.1, -0.05) is 48.9 Å². The lowest BCUT2D eigenvalue weighted by Crippen LogP contribution is -2.47. The van der Waals surface area contributed by atoms with E-state index in [-0.39, 0.29) is 11.7 Å². The number of benzene rings is 2. The number of halogens is 2. The van der Waals surface area contributed by atoms with Crippen LogP contribution in [0.1, 0.15) is 65.2 Å². The second kappa shape index (κ2) is 19.0. The van der Waals surface area contributed by atoms with Crippen LogP contribution in [0.15, 0.2) is 83.8 Å². The van der Waals surface area contributed by atoms with Crippen LogP contribution >= 0.6 is 11.6 Å². The number of amides is 1. The average Bonchev–Trinajstić information content (AvgIpc) is 3.70. The smallest absolute Gasteiger partial charge is 0.248 e. The lowest BCUT2D eigenvalue weighted by Gasteiger charge is -2.35. The first kappa shape index (κ1) is 37.4. The molecule has 2 fully saturated rings. The van der Waals surface area contributed by atoms with E-state index in [1.54, 1.807) is 30.5 Å². The van der Waals surface area contributed by atoms with E-state index in [1.165, 1.54) is 36.4 Å². The highest BCUT2D eigenvalue weighted by Crippen LogP contribution is 2.33. The molecule has 4 aromatic rings. The number of oxazole rings is 1. The molecule has 7 nitrogen and oxygen atoms in total. The van der Waals surface area contributed by atoms with Crippen molar-refractivity contribution in [2.75, 3.05) is 37.6 Å². The number of primary amides is 1. The predicted molar refractivity (Wildman–Crippen MR) is 191 cm³/mol. The highest BCUT2D eigenvalue weighted by atomic mass is 35.5. The Morgan fingerprint density at radius 3 is 2.28 bits per heavy atom. The van der Waals surface area contributed by atoms with Crippen LogP contribution in [0.25, 0.3) is 0 Å². The molecule has 6 rings (SSSR count). The van der Waals surface area contributed by atoms with E-state index < -0.39 is 0 Å². The van der Waals surface area contributed by atoms with Crippen LogP contribution in [0.4, 0.5) is 10.2 Å². The van der Waals surface area contributed by atoms with Gasteiger partial charge in [-0.25, -0.2) is 14.4 Å². The summed E-state index contributed by atoms with van der Waals surface area (Å²) in [7, 11) is 0. The van der Waals surface area contributed by atoms with Crippen LogP contribution in [0, 0.1) is 32.5 Å². The minimum absolute atomic E-state index is 0.158. The van der Waals surface area contributed by atoms with E-state index in [0.717, 1.165) is 79.9 Å². The summed E-state index contributed by atoms with van der Waals surface area (Å²) in [5.74, 6) is 2.25. The third kappa shape index (κ3) is 13.7. The number of nitrogens with two attached hydrogens (primary N) is 1. The quantitative estimate of drug-likeness (QED) is 0.201. The summed E-state index contributed by atoms with van der Waals surface area (Å²) in [5.41, 5.74) is 11.1. The zero-order chi connectivity index (χ0) is 34.3. The molecule has 2 N–H and O–H groups in total. The van der Waals surface area contributed by atoms with Crippen molar-refractivity contribution in [1.29, 1.82) is 0 Å². The maximum atomic E-state index is 13.2. The number of piperazine rings is 1. The monoisotopic (exact) mass is 661 g/mol. The number of aromatic nitrogens is 2. The number of aryl methyl sites for hydroxylation is 4. The van der Waals surface area contributed by atoms with Gasteiger partial charge in [-0.2, -0.15) is 0 Å². The molecule has 0 unspecified atom stereocenters. The summed E-state index contributed by atoms with van der Waals surface area (Å²) in [6, 6.07) is 16.6. The number of anilines is 1. The molecular formula is C38H49ClFN5O2. The van der Waals surface area contributed by atoms with Crippen LogP contribution < -0.4 is 10.6 Å². The number of hydrogen-bond donors (Lipinski definition) is 1. The Labute approximate surface area is 284 Å². The summed E-state index contributed by atoms with van der Waals surface area (Å²) < 4.78 is 18.0. The van der Waals surface area contributed by atoms with Gasteiger partial charge in [0.1, 0.15) is 17.4 Å². The highest BCUT2D eigenvalue weighted by molar-refractivity contribution is 6.30. The standard InChI is InChI=1S/C14H21N3.C10H10ClF.C9H11NO.C5H7NO/c1-12(2)11-16-7-9-17(10-8-16)14-6-4-5-13(3)15-14;11-9-4-3-8(10(12)6-9)5-7-1-2-7;1-6-3-4-8(9(10)11)5-7(6)2;1-2-5-3-6-4-7-5/h4-6H,1,7-11H2,2-3H3;3-4,6-7H,1-2,5H2;3-5H,1-2H3,(H2,10,11);3-4H,2H2,1H3. The molecule has 3 heterocycles. The van der Waals surface area contributed by atoms with E-state index in [4.69, 9.17) is 21.8 Å². The van der Waals surface area contributed by atoms with Gasteiger partial charge in [0, 0.05) is 55.4 Å². The fourth-order valence-corrected chi connectivity index (χ4v) is 5.01. The summed E-state index contributed by atoms with van der Waals surface area (Å²) in [6.45, 7) is 19.4. The SMILES string of the molecule is C=C(C)CN1CCN(c2cccc(C)n2)CC1.CCc1cnco1.Cc1ccc(C(N)=O)cc1C.Fc1cc(Cl)ccc1CC1CC1. The zero-order valence-electron chi connectivity index (χ0n) is 28.4. The molecule has 2 aromatic heterocycles. The molecule has 0 radical (unpaired) electrons. The molecule has 2 aliphatic rings. The Morgan fingerprint density at radius 2 is 1.77 bits per heavy atom. The molecule has 0 bridgehead atoms. The lowest BCUT2D eigenvalue weighted by atomic mass is 10.1. The minimum atomic E-state index is -0.367. The molecule has 1 amide bonds. The van der Waals surface area contributed by atoms with Gasteiger partial charge in [0.2, 0.25) is 5.91 Å². The first-order valence-electron chi connectivity index (χ1n) is 16.2. The van der Waals surface area contributed by atoms with Crippen molar-refractivity contribution in [3.05, 3.63) is 124 Å². The van der Waals surface area contributed by atoms with Crippen LogP contribution in [-0.4, -0.2) is 53.5 Å². The van der Waals surface area contributed by atoms with E-state index >= 15 is 0 Å². The van der Waals surface area contributed by atoms with Crippen LogP contribution in [0.2, 0.25) is 5.02 Å². The number of pyridine rings is 1. The van der Waals surface area contributed by atoms with Crippen molar-refractivity contribution in [2.45, 2.75) is 60.3 Å². The Kier molecular flexibility index (Phi) is 15.1. The topological polar surface area (TPSA) is 88.5 Å². The van der Waals surface area contributed by atoms with Gasteiger partial charge in [0.15, 0.2) is 6.39 Å². The number of nitrogens with zero attached hydrogens (tertiary/aromatic N) is 4. The van der Waals surface area contributed by atoms with Gasteiger partial charge >= 0.3 is 0 Å².